The van der Waals surface area contributed by atoms with E-state index in [1.165, 1.54) is 13.8 Å². The molecule has 0 radical (unpaired) electrons. The zero-order valence-electron chi connectivity index (χ0n) is 19.8. The molecule has 0 bridgehead atoms. The number of nitrogens with two attached hydrogens (primary N) is 6. The summed E-state index contributed by atoms with van der Waals surface area (Å²) in [6, 6.07) is -3.99. The minimum Gasteiger partial charge on any atom is -0.480 e. The van der Waals surface area contributed by atoms with Crippen molar-refractivity contribution < 1.29 is 64.5 Å². The molecule has 19 heteroatoms. The highest BCUT2D eigenvalue weighted by atomic mass is 16.4. The maximum absolute atomic E-state index is 10.1. The summed E-state index contributed by atoms with van der Waals surface area (Å²) in [4.78, 5) is 58.5. The Kier molecular flexibility index (Phi) is 31.0. The summed E-state index contributed by atoms with van der Waals surface area (Å²) >= 11 is 0. The van der Waals surface area contributed by atoms with Gasteiger partial charge in [0.1, 0.15) is 24.2 Å². The van der Waals surface area contributed by atoms with Crippen LogP contribution in [0.2, 0.25) is 0 Å². The third-order valence-corrected chi connectivity index (χ3v) is 2.90. The Morgan fingerprint density at radius 2 is 1.06 bits per heavy atom. The number of carboxylic acid groups (broad SMARTS) is 5. The molecule has 5 atom stereocenters. The van der Waals surface area contributed by atoms with Crippen LogP contribution in [0, 0.1) is 0 Å². The maximum atomic E-state index is 10.1. The van der Waals surface area contributed by atoms with E-state index in [0.717, 1.165) is 0 Å². The van der Waals surface area contributed by atoms with Crippen LogP contribution in [0.3, 0.4) is 0 Å². The highest BCUT2D eigenvalue weighted by Crippen LogP contribution is 1.92. The second-order valence-electron chi connectivity index (χ2n) is 6.41. The first-order chi connectivity index (χ1) is 16.2. The fourth-order valence-electron chi connectivity index (χ4n) is 0.706. The molecule has 0 saturated carbocycles. The fourth-order valence-corrected chi connectivity index (χ4v) is 0.706. The Labute approximate surface area is 205 Å². The van der Waals surface area contributed by atoms with Gasteiger partial charge in [0.05, 0.1) is 19.3 Å². The summed E-state index contributed by atoms with van der Waals surface area (Å²) in [5, 5.41) is 56.1. The van der Waals surface area contributed by atoms with Crippen molar-refractivity contribution in [3.8, 4) is 0 Å². The first-order valence-electron chi connectivity index (χ1n) is 9.61. The van der Waals surface area contributed by atoms with Gasteiger partial charge in [0.2, 0.25) is 5.91 Å². The first kappa shape index (κ1) is 42.7. The third-order valence-electron chi connectivity index (χ3n) is 2.90. The highest BCUT2D eigenvalue weighted by Gasteiger charge is 2.16. The van der Waals surface area contributed by atoms with Crippen LogP contribution in [0.4, 0.5) is 0 Å². The first-order valence-corrected chi connectivity index (χ1v) is 9.61. The number of amides is 1. The largest absolute Gasteiger partial charge is 0.480 e. The Balaban J connectivity index is -0.000000114. The minimum absolute atomic E-state index is 0.0213. The predicted octanol–water partition coefficient (Wildman–Crippen LogP) is -5.72. The van der Waals surface area contributed by atoms with Crippen molar-refractivity contribution >= 4 is 35.8 Å². The number of primary amides is 1. The number of hydrogen-bond donors (Lipinski definition) is 13. The van der Waals surface area contributed by atoms with Crippen molar-refractivity contribution in [2.45, 2.75) is 57.0 Å². The summed E-state index contributed by atoms with van der Waals surface area (Å²) < 4.78 is 0. The molecule has 19 N–H and O–H groups in total. The molecular formula is C17H38N6O13. The van der Waals surface area contributed by atoms with E-state index in [4.69, 9.17) is 64.4 Å². The zero-order valence-corrected chi connectivity index (χ0v) is 19.8. The monoisotopic (exact) mass is 534 g/mol. The Hall–Kier alpha value is -3.46. The molecule has 0 aliphatic heterocycles. The van der Waals surface area contributed by atoms with Gasteiger partial charge >= 0.3 is 29.8 Å². The number of hydrogen-bond acceptors (Lipinski definition) is 13. The topological polar surface area (TPSA) is 400 Å². The van der Waals surface area contributed by atoms with E-state index in [-0.39, 0.29) is 19.4 Å². The van der Waals surface area contributed by atoms with Gasteiger partial charge in [-0.1, -0.05) is 0 Å². The Morgan fingerprint density at radius 1 is 0.722 bits per heavy atom. The molecule has 1 amide bonds. The fraction of sp³-hybridized carbons (Fsp3) is 0.647. The molecule has 0 aromatic carbocycles. The molecule has 0 fully saturated rings. The minimum atomic E-state index is -1.18. The van der Waals surface area contributed by atoms with Crippen molar-refractivity contribution in [3.63, 3.8) is 0 Å². The second kappa shape index (κ2) is 26.2. The van der Waals surface area contributed by atoms with Crippen molar-refractivity contribution in [2.75, 3.05) is 13.2 Å². The Bertz CT molecular complexity index is 661. The van der Waals surface area contributed by atoms with Gasteiger partial charge in [-0.3, -0.25) is 28.8 Å². The van der Waals surface area contributed by atoms with E-state index in [1.807, 2.05) is 0 Å². The van der Waals surface area contributed by atoms with Crippen LogP contribution in [0.25, 0.3) is 0 Å². The van der Waals surface area contributed by atoms with Crippen LogP contribution in [0.5, 0.6) is 0 Å². The number of aliphatic hydroxyl groups excluding tert-OH is 2. The van der Waals surface area contributed by atoms with Crippen LogP contribution in [0.15, 0.2) is 0 Å². The molecule has 0 aromatic heterocycles. The molecule has 0 unspecified atom stereocenters. The van der Waals surface area contributed by atoms with E-state index in [0.29, 0.717) is 0 Å². The molecule has 0 aromatic rings. The SMILES string of the molecule is C[C@@H](O)[C@H](N)C(=O)O.C[C@H](N)C(=O)O.NC(=O)CC[C@H](N)C(=O)O.NCC(=O)O.N[C@@H](CO)C(=O)O. The standard InChI is InChI=1S/C5H10N2O3.C4H9NO3.C3H7NO3.C3H7NO2.C2H5NO2/c6-3(5(9)10)1-2-4(7)8;1-2(6)3(5)4(7)8;4-2(1-5)3(6)7;1-2(4)3(5)6;3-1-2(4)5/h3H,1-2,6H2,(H2,7,8)(H,9,10);2-3,6H,5H2,1H3,(H,7,8);2,5H,1,4H2,(H,6,7);2H,4H2,1H3,(H,5,6);1,3H2,(H,4,5)/t3-;2-,3+;2*2-;/m0100./s1. The number of carboxylic acids is 5. The molecule has 214 valence electrons. The molecule has 0 saturated heterocycles. The number of rotatable bonds is 10. The summed E-state index contributed by atoms with van der Waals surface area (Å²) in [6.45, 7) is 1.97. The number of carbonyl (C=O) groups excluding carboxylic acids is 1. The smallest absolute Gasteiger partial charge is 0.323 e. The van der Waals surface area contributed by atoms with Crippen LogP contribution in [-0.4, -0.2) is 115 Å². The van der Waals surface area contributed by atoms with Crippen LogP contribution in [-0.2, 0) is 28.8 Å². The molecule has 0 heterocycles. The molecule has 0 aliphatic rings. The van der Waals surface area contributed by atoms with Gasteiger partial charge in [0.25, 0.3) is 0 Å². The quantitative estimate of drug-likeness (QED) is 0.124. The average Bonchev–Trinajstić information content (AvgIpc) is 2.77. The van der Waals surface area contributed by atoms with Gasteiger partial charge in [-0.05, 0) is 20.3 Å². The van der Waals surface area contributed by atoms with Gasteiger partial charge in [-0.2, -0.15) is 0 Å². The lowest BCUT2D eigenvalue weighted by Crippen LogP contribution is -2.39. The molecule has 19 nitrogen and oxygen atoms in total. The summed E-state index contributed by atoms with van der Waals surface area (Å²) in [5.74, 6) is -5.93. The number of aliphatic hydroxyl groups is 2. The van der Waals surface area contributed by atoms with Gasteiger partial charge in [-0.15, -0.1) is 0 Å². The molecule has 0 spiro atoms. The summed E-state index contributed by atoms with van der Waals surface area (Å²) in [7, 11) is 0. The van der Waals surface area contributed by atoms with Gasteiger partial charge < -0.3 is 70.1 Å². The normalized spacial score (nSPS) is 13.2. The lowest BCUT2D eigenvalue weighted by Gasteiger charge is -2.06. The molecule has 36 heavy (non-hydrogen) atoms. The third kappa shape index (κ3) is 40.9. The molecule has 0 rings (SSSR count). The number of aliphatic carboxylic acids is 5. The van der Waals surface area contributed by atoms with Gasteiger partial charge in [0, 0.05) is 6.42 Å². The van der Waals surface area contributed by atoms with E-state index < -0.39 is 72.6 Å². The summed E-state index contributed by atoms with van der Waals surface area (Å²) in [5.41, 5.74) is 28.9. The van der Waals surface area contributed by atoms with Gasteiger partial charge in [-0.25, -0.2) is 0 Å². The van der Waals surface area contributed by atoms with Crippen LogP contribution >= 0.6 is 0 Å². The predicted molar refractivity (Wildman–Crippen MR) is 122 cm³/mol. The summed E-state index contributed by atoms with van der Waals surface area (Å²) in [6.07, 6.45) is -0.856. The lowest BCUT2D eigenvalue weighted by atomic mass is 10.2. The van der Waals surface area contributed by atoms with Gasteiger partial charge in [0.15, 0.2) is 0 Å². The zero-order chi connectivity index (χ0) is 30.2. The van der Waals surface area contributed by atoms with E-state index in [2.05, 4.69) is 5.73 Å². The van der Waals surface area contributed by atoms with Crippen molar-refractivity contribution in [3.05, 3.63) is 0 Å². The van der Waals surface area contributed by atoms with Crippen molar-refractivity contribution in [2.24, 2.45) is 34.4 Å². The van der Waals surface area contributed by atoms with Crippen molar-refractivity contribution in [1.29, 1.82) is 0 Å². The van der Waals surface area contributed by atoms with E-state index in [9.17, 15) is 28.8 Å². The van der Waals surface area contributed by atoms with E-state index in [1.54, 1.807) is 0 Å². The average molecular weight is 535 g/mol. The molecule has 0 aliphatic carbocycles. The Morgan fingerprint density at radius 3 is 1.14 bits per heavy atom. The highest BCUT2D eigenvalue weighted by molar-refractivity contribution is 5.77. The maximum Gasteiger partial charge on any atom is 0.323 e. The van der Waals surface area contributed by atoms with Crippen LogP contribution < -0.4 is 34.4 Å². The van der Waals surface area contributed by atoms with Crippen molar-refractivity contribution in [1.82, 2.24) is 0 Å². The molecular weight excluding hydrogens is 496 g/mol. The van der Waals surface area contributed by atoms with E-state index >= 15 is 0 Å². The number of carbonyl (C=O) groups is 6. The second-order valence-corrected chi connectivity index (χ2v) is 6.41. The van der Waals surface area contributed by atoms with Crippen LogP contribution in [0.1, 0.15) is 26.7 Å². The lowest BCUT2D eigenvalue weighted by molar-refractivity contribution is -0.141.